The SMILES string of the molecule is CCc1nnc(Sc2nncs2)c(C(=N)N)c1CC. The zero-order chi connectivity index (χ0) is 13.8. The standard InChI is InChI=1S/C11H14N6S2/c1-3-6-7(4-2)15-16-10(8(6)9(12)13)19-11-17-14-5-18-11/h5H,3-4H2,1-2H3,(H3,12,13). The number of amidine groups is 1. The monoisotopic (exact) mass is 294 g/mol. The van der Waals surface area contributed by atoms with Crippen LogP contribution in [0, 0.1) is 5.41 Å². The van der Waals surface area contributed by atoms with Crippen molar-refractivity contribution in [1.82, 2.24) is 20.4 Å². The summed E-state index contributed by atoms with van der Waals surface area (Å²) in [5.41, 5.74) is 9.94. The van der Waals surface area contributed by atoms with Gasteiger partial charge in [-0.15, -0.1) is 15.3 Å². The van der Waals surface area contributed by atoms with Gasteiger partial charge in [0.2, 0.25) is 0 Å². The van der Waals surface area contributed by atoms with Crippen LogP contribution in [-0.2, 0) is 12.8 Å². The van der Waals surface area contributed by atoms with Crippen LogP contribution in [0.3, 0.4) is 0 Å². The molecule has 0 aliphatic carbocycles. The topological polar surface area (TPSA) is 101 Å². The van der Waals surface area contributed by atoms with E-state index in [2.05, 4.69) is 20.4 Å². The second-order valence-electron chi connectivity index (χ2n) is 3.73. The minimum atomic E-state index is 0.0217. The Kier molecular flexibility index (Phi) is 4.43. The van der Waals surface area contributed by atoms with Crippen LogP contribution < -0.4 is 5.73 Å². The molecular formula is C11H14N6S2. The van der Waals surface area contributed by atoms with Crippen LogP contribution in [0.4, 0.5) is 0 Å². The highest BCUT2D eigenvalue weighted by Crippen LogP contribution is 2.31. The van der Waals surface area contributed by atoms with E-state index in [1.165, 1.54) is 23.1 Å². The molecule has 6 nitrogen and oxygen atoms in total. The molecule has 100 valence electrons. The third-order valence-corrected chi connectivity index (χ3v) is 4.36. The molecule has 2 rings (SSSR count). The fraction of sp³-hybridized carbons (Fsp3) is 0.364. The van der Waals surface area contributed by atoms with Gasteiger partial charge in [-0.05, 0) is 30.2 Å². The molecule has 8 heteroatoms. The fourth-order valence-electron chi connectivity index (χ4n) is 1.79. The van der Waals surface area contributed by atoms with Crippen LogP contribution in [0.25, 0.3) is 0 Å². The lowest BCUT2D eigenvalue weighted by Gasteiger charge is -2.12. The number of nitrogen functional groups attached to an aromatic ring is 1. The second-order valence-corrected chi connectivity index (χ2v) is 5.80. The van der Waals surface area contributed by atoms with Crippen LogP contribution in [-0.4, -0.2) is 26.2 Å². The van der Waals surface area contributed by atoms with Gasteiger partial charge in [-0.1, -0.05) is 25.2 Å². The van der Waals surface area contributed by atoms with Gasteiger partial charge < -0.3 is 5.73 Å². The number of aryl methyl sites for hydroxylation is 1. The molecule has 2 aromatic rings. The first kappa shape index (κ1) is 13.9. The van der Waals surface area contributed by atoms with Gasteiger partial charge in [0.25, 0.3) is 0 Å². The maximum atomic E-state index is 7.78. The van der Waals surface area contributed by atoms with E-state index in [4.69, 9.17) is 11.1 Å². The Labute approximate surface area is 119 Å². The highest BCUT2D eigenvalue weighted by molar-refractivity contribution is 8.01. The van der Waals surface area contributed by atoms with E-state index >= 15 is 0 Å². The first-order valence-electron chi connectivity index (χ1n) is 5.84. The van der Waals surface area contributed by atoms with Gasteiger partial charge in [-0.25, -0.2) is 0 Å². The summed E-state index contributed by atoms with van der Waals surface area (Å²) in [6, 6.07) is 0. The molecule has 2 heterocycles. The normalized spacial score (nSPS) is 10.6. The fourth-order valence-corrected chi connectivity index (χ4v) is 3.30. The Morgan fingerprint density at radius 3 is 2.63 bits per heavy atom. The number of rotatable bonds is 5. The van der Waals surface area contributed by atoms with E-state index in [1.54, 1.807) is 5.51 Å². The first-order chi connectivity index (χ1) is 9.17. The molecule has 0 bridgehead atoms. The van der Waals surface area contributed by atoms with Gasteiger partial charge in [0.1, 0.15) is 16.4 Å². The molecule has 0 spiro atoms. The van der Waals surface area contributed by atoms with E-state index in [0.29, 0.717) is 10.6 Å². The molecule has 0 atom stereocenters. The lowest BCUT2D eigenvalue weighted by atomic mass is 10.0. The molecule has 19 heavy (non-hydrogen) atoms. The molecule has 0 aliphatic heterocycles. The third-order valence-electron chi connectivity index (χ3n) is 2.61. The summed E-state index contributed by atoms with van der Waals surface area (Å²) in [6.45, 7) is 4.05. The Morgan fingerprint density at radius 1 is 1.32 bits per heavy atom. The highest BCUT2D eigenvalue weighted by Gasteiger charge is 2.18. The molecule has 0 aliphatic rings. The van der Waals surface area contributed by atoms with Crippen molar-refractivity contribution in [3.8, 4) is 0 Å². The van der Waals surface area contributed by atoms with E-state index in [0.717, 1.165) is 28.4 Å². The van der Waals surface area contributed by atoms with Crippen LogP contribution in [0.5, 0.6) is 0 Å². The number of hydrogen-bond acceptors (Lipinski definition) is 7. The van der Waals surface area contributed by atoms with Crippen molar-refractivity contribution in [1.29, 1.82) is 5.41 Å². The summed E-state index contributed by atoms with van der Waals surface area (Å²) in [5.74, 6) is 0.0217. The quantitative estimate of drug-likeness (QED) is 0.645. The van der Waals surface area contributed by atoms with Crippen molar-refractivity contribution in [2.45, 2.75) is 36.1 Å². The summed E-state index contributed by atoms with van der Waals surface area (Å²) in [4.78, 5) is 0. The smallest absolute Gasteiger partial charge is 0.180 e. The average Bonchev–Trinajstić information content (AvgIpc) is 2.90. The molecule has 0 saturated carbocycles. The molecule has 0 fully saturated rings. The largest absolute Gasteiger partial charge is 0.384 e. The van der Waals surface area contributed by atoms with Crippen molar-refractivity contribution in [3.05, 3.63) is 22.3 Å². The molecule has 0 radical (unpaired) electrons. The molecule has 0 amide bonds. The summed E-state index contributed by atoms with van der Waals surface area (Å²) in [6.07, 6.45) is 1.55. The van der Waals surface area contributed by atoms with E-state index < -0.39 is 0 Å². The van der Waals surface area contributed by atoms with Crippen molar-refractivity contribution in [2.75, 3.05) is 0 Å². The van der Waals surface area contributed by atoms with Crippen LogP contribution in [0.1, 0.15) is 30.7 Å². The Morgan fingerprint density at radius 2 is 2.11 bits per heavy atom. The Balaban J connectivity index is 2.51. The van der Waals surface area contributed by atoms with Crippen LogP contribution in [0.15, 0.2) is 14.9 Å². The number of aromatic nitrogens is 4. The number of nitrogens with two attached hydrogens (primary N) is 1. The summed E-state index contributed by atoms with van der Waals surface area (Å²) < 4.78 is 0.767. The maximum absolute atomic E-state index is 7.78. The lowest BCUT2D eigenvalue weighted by molar-refractivity contribution is 0.818. The molecular weight excluding hydrogens is 280 g/mol. The van der Waals surface area contributed by atoms with Crippen molar-refractivity contribution in [3.63, 3.8) is 0 Å². The van der Waals surface area contributed by atoms with Crippen LogP contribution >= 0.6 is 23.1 Å². The summed E-state index contributed by atoms with van der Waals surface area (Å²) in [7, 11) is 0. The van der Waals surface area contributed by atoms with Gasteiger partial charge in [-0.3, -0.25) is 5.41 Å². The predicted molar refractivity (Wildman–Crippen MR) is 75.8 cm³/mol. The van der Waals surface area contributed by atoms with E-state index in [9.17, 15) is 0 Å². The molecule has 0 aromatic carbocycles. The van der Waals surface area contributed by atoms with Crippen LogP contribution in [0.2, 0.25) is 0 Å². The minimum absolute atomic E-state index is 0.0217. The van der Waals surface area contributed by atoms with E-state index in [1.807, 2.05) is 13.8 Å². The van der Waals surface area contributed by atoms with Crippen molar-refractivity contribution >= 4 is 28.9 Å². The van der Waals surface area contributed by atoms with Crippen molar-refractivity contribution in [2.24, 2.45) is 5.73 Å². The molecule has 0 saturated heterocycles. The third kappa shape index (κ3) is 2.90. The van der Waals surface area contributed by atoms with Crippen molar-refractivity contribution < 1.29 is 0 Å². The minimum Gasteiger partial charge on any atom is -0.384 e. The van der Waals surface area contributed by atoms with Gasteiger partial charge in [0.15, 0.2) is 4.34 Å². The second kappa shape index (κ2) is 6.07. The number of nitrogens with zero attached hydrogens (tertiary/aromatic N) is 4. The van der Waals surface area contributed by atoms with E-state index in [-0.39, 0.29) is 5.84 Å². The van der Waals surface area contributed by atoms with Gasteiger partial charge in [-0.2, -0.15) is 5.10 Å². The zero-order valence-electron chi connectivity index (χ0n) is 10.7. The Hall–Kier alpha value is -1.54. The number of hydrogen-bond donors (Lipinski definition) is 2. The van der Waals surface area contributed by atoms with Gasteiger partial charge in [0, 0.05) is 0 Å². The molecule has 2 aromatic heterocycles. The molecule has 3 N–H and O–H groups in total. The lowest BCUT2D eigenvalue weighted by Crippen LogP contribution is -2.18. The van der Waals surface area contributed by atoms with Gasteiger partial charge >= 0.3 is 0 Å². The summed E-state index contributed by atoms with van der Waals surface area (Å²) >= 11 is 2.77. The van der Waals surface area contributed by atoms with Gasteiger partial charge in [0.05, 0.1) is 11.3 Å². The molecule has 0 unspecified atom stereocenters. The predicted octanol–water partition coefficient (Wildman–Crippen LogP) is 1.89. The maximum Gasteiger partial charge on any atom is 0.180 e. The highest BCUT2D eigenvalue weighted by atomic mass is 32.2. The first-order valence-corrected chi connectivity index (χ1v) is 7.53. The average molecular weight is 294 g/mol. The summed E-state index contributed by atoms with van der Waals surface area (Å²) in [5, 5.41) is 24.6. The zero-order valence-corrected chi connectivity index (χ0v) is 12.3. The number of nitrogens with one attached hydrogen (secondary N) is 1. The Bertz CT molecular complexity index is 581.